The number of rotatable bonds is 10. The Morgan fingerprint density at radius 1 is 1.00 bits per heavy atom. The van der Waals surface area contributed by atoms with Crippen molar-refractivity contribution in [1.82, 2.24) is 0 Å². The van der Waals surface area contributed by atoms with Gasteiger partial charge in [0.2, 0.25) is 0 Å². The molecule has 0 saturated carbocycles. The quantitative estimate of drug-likeness (QED) is 0.651. The first-order valence-corrected chi connectivity index (χ1v) is 6.73. The van der Waals surface area contributed by atoms with Gasteiger partial charge in [-0.3, -0.25) is 0 Å². The summed E-state index contributed by atoms with van der Waals surface area (Å²) in [5, 5.41) is 9.88. The van der Waals surface area contributed by atoms with Gasteiger partial charge in [0.25, 0.3) is 0 Å². The molecule has 0 aliphatic carbocycles. The lowest BCUT2D eigenvalue weighted by atomic mass is 10.1. The van der Waals surface area contributed by atoms with Gasteiger partial charge in [-0.2, -0.15) is 0 Å². The van der Waals surface area contributed by atoms with Gasteiger partial charge in [-0.05, 0) is 12.0 Å². The molecule has 1 rings (SSSR count). The van der Waals surface area contributed by atoms with Crippen molar-refractivity contribution >= 4 is 0 Å². The van der Waals surface area contributed by atoms with Crippen LogP contribution in [0.5, 0.6) is 0 Å². The second-order valence-corrected chi connectivity index (χ2v) is 4.29. The molecule has 102 valence electrons. The number of benzene rings is 1. The molecule has 0 saturated heterocycles. The zero-order chi connectivity index (χ0) is 13.1. The van der Waals surface area contributed by atoms with E-state index in [1.54, 1.807) is 0 Å². The van der Waals surface area contributed by atoms with Crippen LogP contribution in [-0.2, 0) is 9.47 Å². The maximum absolute atomic E-state index is 9.88. The second-order valence-electron chi connectivity index (χ2n) is 4.29. The van der Waals surface area contributed by atoms with Crippen molar-refractivity contribution < 1.29 is 14.6 Å². The summed E-state index contributed by atoms with van der Waals surface area (Å²) in [6, 6.07) is 9.67. The van der Waals surface area contributed by atoms with Gasteiger partial charge in [0, 0.05) is 19.6 Å². The molecular formula is C15H24O3. The van der Waals surface area contributed by atoms with E-state index >= 15 is 0 Å². The van der Waals surface area contributed by atoms with Gasteiger partial charge < -0.3 is 14.6 Å². The van der Waals surface area contributed by atoms with Gasteiger partial charge >= 0.3 is 0 Å². The van der Waals surface area contributed by atoms with E-state index in [0.717, 1.165) is 25.0 Å². The van der Waals surface area contributed by atoms with Crippen LogP contribution in [0.4, 0.5) is 0 Å². The molecule has 0 amide bonds. The first-order valence-electron chi connectivity index (χ1n) is 6.73. The summed E-state index contributed by atoms with van der Waals surface area (Å²) in [5.74, 6) is 0. The molecule has 1 aromatic carbocycles. The van der Waals surface area contributed by atoms with Crippen LogP contribution >= 0.6 is 0 Å². The zero-order valence-corrected chi connectivity index (χ0v) is 11.2. The third kappa shape index (κ3) is 6.74. The minimum atomic E-state index is -0.438. The van der Waals surface area contributed by atoms with E-state index in [1.165, 1.54) is 0 Å². The molecule has 0 heterocycles. The van der Waals surface area contributed by atoms with Crippen molar-refractivity contribution in [2.45, 2.75) is 32.3 Å². The number of ether oxygens (including phenoxy) is 2. The molecule has 0 aliphatic rings. The lowest BCUT2D eigenvalue weighted by Gasteiger charge is -2.11. The fourth-order valence-electron chi connectivity index (χ4n) is 1.61. The Kier molecular flexibility index (Phi) is 8.47. The van der Waals surface area contributed by atoms with Crippen LogP contribution in [0.15, 0.2) is 30.3 Å². The summed E-state index contributed by atoms with van der Waals surface area (Å²) in [5.41, 5.74) is 0.945. The van der Waals surface area contributed by atoms with E-state index in [-0.39, 0.29) is 0 Å². The smallest absolute Gasteiger partial charge is 0.0812 e. The van der Waals surface area contributed by atoms with E-state index in [9.17, 15) is 5.11 Å². The third-order valence-electron chi connectivity index (χ3n) is 2.73. The highest BCUT2D eigenvalue weighted by atomic mass is 16.5. The number of hydrogen-bond donors (Lipinski definition) is 1. The number of unbranched alkanes of at least 4 members (excludes halogenated alkanes) is 1. The van der Waals surface area contributed by atoms with Crippen LogP contribution in [-0.4, -0.2) is 31.5 Å². The molecule has 3 heteroatoms. The highest BCUT2D eigenvalue weighted by Gasteiger charge is 2.05. The van der Waals surface area contributed by atoms with Gasteiger partial charge in [0.05, 0.1) is 19.3 Å². The molecule has 1 unspecified atom stereocenters. The van der Waals surface area contributed by atoms with E-state index in [1.807, 2.05) is 30.3 Å². The molecule has 1 N–H and O–H groups in total. The lowest BCUT2D eigenvalue weighted by Crippen LogP contribution is -2.08. The normalized spacial score (nSPS) is 12.6. The Labute approximate surface area is 110 Å². The van der Waals surface area contributed by atoms with Crippen LogP contribution in [0, 0.1) is 0 Å². The van der Waals surface area contributed by atoms with Gasteiger partial charge in [-0.1, -0.05) is 43.7 Å². The lowest BCUT2D eigenvalue weighted by molar-refractivity contribution is 0.0314. The van der Waals surface area contributed by atoms with Gasteiger partial charge in [-0.25, -0.2) is 0 Å². The maximum atomic E-state index is 9.88. The van der Waals surface area contributed by atoms with E-state index in [0.29, 0.717) is 26.2 Å². The summed E-state index contributed by atoms with van der Waals surface area (Å²) in [4.78, 5) is 0. The minimum absolute atomic E-state index is 0.438. The standard InChI is InChI=1S/C15H24O3/c1-2-3-10-17-12-13-18-11-9-15(16)14-7-5-4-6-8-14/h4-8,15-16H,2-3,9-13H2,1H3. The molecule has 3 nitrogen and oxygen atoms in total. The SMILES string of the molecule is CCCCOCCOCCC(O)c1ccccc1. The fourth-order valence-corrected chi connectivity index (χ4v) is 1.61. The van der Waals surface area contributed by atoms with Gasteiger partial charge in [0.15, 0.2) is 0 Å². The predicted molar refractivity (Wildman–Crippen MR) is 72.6 cm³/mol. The summed E-state index contributed by atoms with van der Waals surface area (Å²) in [6.45, 7) is 4.76. The average molecular weight is 252 g/mol. The molecule has 0 radical (unpaired) electrons. The van der Waals surface area contributed by atoms with Crippen LogP contribution in [0.3, 0.4) is 0 Å². The molecule has 0 fully saturated rings. The Balaban J connectivity index is 1.98. The van der Waals surface area contributed by atoms with Crippen molar-refractivity contribution in [1.29, 1.82) is 0 Å². The number of aliphatic hydroxyl groups excluding tert-OH is 1. The van der Waals surface area contributed by atoms with Crippen molar-refractivity contribution in [2.75, 3.05) is 26.4 Å². The zero-order valence-electron chi connectivity index (χ0n) is 11.2. The highest BCUT2D eigenvalue weighted by Crippen LogP contribution is 2.15. The number of aliphatic hydroxyl groups is 1. The van der Waals surface area contributed by atoms with Crippen LogP contribution in [0.25, 0.3) is 0 Å². The highest BCUT2D eigenvalue weighted by molar-refractivity contribution is 5.16. The largest absolute Gasteiger partial charge is 0.388 e. The molecule has 1 aromatic rings. The first-order chi connectivity index (χ1) is 8.84. The van der Waals surface area contributed by atoms with Crippen molar-refractivity contribution in [3.63, 3.8) is 0 Å². The summed E-state index contributed by atoms with van der Waals surface area (Å²) >= 11 is 0. The topological polar surface area (TPSA) is 38.7 Å². The third-order valence-corrected chi connectivity index (χ3v) is 2.73. The molecule has 1 atom stereocenters. The molecule has 18 heavy (non-hydrogen) atoms. The predicted octanol–water partition coefficient (Wildman–Crippen LogP) is 2.94. The summed E-state index contributed by atoms with van der Waals surface area (Å²) < 4.78 is 10.8. The molecule has 0 spiro atoms. The fraction of sp³-hybridized carbons (Fsp3) is 0.600. The van der Waals surface area contributed by atoms with Crippen molar-refractivity contribution in [2.24, 2.45) is 0 Å². The van der Waals surface area contributed by atoms with E-state index in [2.05, 4.69) is 6.92 Å². The molecule has 0 bridgehead atoms. The van der Waals surface area contributed by atoms with Gasteiger partial charge in [-0.15, -0.1) is 0 Å². The second kappa shape index (κ2) is 10.1. The Bertz CT molecular complexity index is 287. The van der Waals surface area contributed by atoms with Crippen LogP contribution in [0.1, 0.15) is 37.9 Å². The Morgan fingerprint density at radius 2 is 1.67 bits per heavy atom. The van der Waals surface area contributed by atoms with Crippen LogP contribution in [0.2, 0.25) is 0 Å². The molecular weight excluding hydrogens is 228 g/mol. The van der Waals surface area contributed by atoms with E-state index < -0.39 is 6.10 Å². The van der Waals surface area contributed by atoms with Gasteiger partial charge in [0.1, 0.15) is 0 Å². The minimum Gasteiger partial charge on any atom is -0.388 e. The molecule has 0 aromatic heterocycles. The first kappa shape index (κ1) is 15.2. The molecule has 0 aliphatic heterocycles. The van der Waals surface area contributed by atoms with Crippen LogP contribution < -0.4 is 0 Å². The van der Waals surface area contributed by atoms with Crippen molar-refractivity contribution in [3.8, 4) is 0 Å². The maximum Gasteiger partial charge on any atom is 0.0812 e. The monoisotopic (exact) mass is 252 g/mol. The number of hydrogen-bond acceptors (Lipinski definition) is 3. The Hall–Kier alpha value is -0.900. The average Bonchev–Trinajstić information content (AvgIpc) is 2.42. The summed E-state index contributed by atoms with van der Waals surface area (Å²) in [6.07, 6.45) is 2.45. The Morgan fingerprint density at radius 3 is 2.33 bits per heavy atom. The summed E-state index contributed by atoms with van der Waals surface area (Å²) in [7, 11) is 0. The van der Waals surface area contributed by atoms with Crippen molar-refractivity contribution in [3.05, 3.63) is 35.9 Å². The van der Waals surface area contributed by atoms with E-state index in [4.69, 9.17) is 9.47 Å².